The lowest BCUT2D eigenvalue weighted by molar-refractivity contribution is 0.0911. The van der Waals surface area contributed by atoms with Crippen LogP contribution < -0.4 is 21.9 Å². The van der Waals surface area contributed by atoms with E-state index in [4.69, 9.17) is 4.42 Å². The van der Waals surface area contributed by atoms with Gasteiger partial charge in [0.15, 0.2) is 11.4 Å². The Morgan fingerprint density at radius 3 is 2.61 bits per heavy atom. The molecule has 0 radical (unpaired) electrons. The highest BCUT2D eigenvalue weighted by Crippen LogP contribution is 2.39. The fraction of sp³-hybridized carbons (Fsp3) is 0.381. The zero-order valence-corrected chi connectivity index (χ0v) is 17.1. The van der Waals surface area contributed by atoms with Crippen LogP contribution in [0.1, 0.15) is 58.7 Å². The number of nitrogens with one attached hydrogen (secondary N) is 3. The number of carbonyl (C=O) groups is 2. The fourth-order valence-electron chi connectivity index (χ4n) is 3.43. The normalized spacial score (nSPS) is 13.3. The summed E-state index contributed by atoms with van der Waals surface area (Å²) in [5.41, 5.74) is -0.0597. The van der Waals surface area contributed by atoms with Crippen LogP contribution in [0.15, 0.2) is 38.5 Å². The number of H-pyrrole nitrogens is 1. The Kier molecular flexibility index (Phi) is 5.70. The molecular weight excluding hydrogens is 402 g/mol. The molecule has 162 valence electrons. The van der Waals surface area contributed by atoms with Crippen molar-refractivity contribution < 1.29 is 14.0 Å². The van der Waals surface area contributed by atoms with Crippen molar-refractivity contribution in [3.05, 3.63) is 62.3 Å². The van der Waals surface area contributed by atoms with Gasteiger partial charge in [0.25, 0.3) is 17.4 Å². The van der Waals surface area contributed by atoms with E-state index < -0.39 is 17.2 Å². The van der Waals surface area contributed by atoms with Gasteiger partial charge < -0.3 is 15.1 Å². The second kappa shape index (κ2) is 8.58. The van der Waals surface area contributed by atoms with E-state index in [2.05, 4.69) is 20.6 Å². The van der Waals surface area contributed by atoms with Gasteiger partial charge in [0.1, 0.15) is 0 Å². The van der Waals surface area contributed by atoms with Gasteiger partial charge in [-0.1, -0.05) is 6.92 Å². The van der Waals surface area contributed by atoms with Crippen LogP contribution in [0.2, 0.25) is 0 Å². The minimum absolute atomic E-state index is 0.0922. The van der Waals surface area contributed by atoms with Crippen molar-refractivity contribution in [2.75, 3.05) is 13.1 Å². The van der Waals surface area contributed by atoms with Gasteiger partial charge in [0, 0.05) is 31.2 Å². The molecule has 0 saturated heterocycles. The summed E-state index contributed by atoms with van der Waals surface area (Å²) in [4.78, 5) is 56.6. The predicted molar refractivity (Wildman–Crippen MR) is 112 cm³/mol. The first-order valence-electron chi connectivity index (χ1n) is 10.3. The van der Waals surface area contributed by atoms with Crippen LogP contribution in [0.25, 0.3) is 11.0 Å². The van der Waals surface area contributed by atoms with Crippen LogP contribution in [-0.4, -0.2) is 39.4 Å². The van der Waals surface area contributed by atoms with E-state index >= 15 is 0 Å². The second-order valence-corrected chi connectivity index (χ2v) is 7.47. The first kappa shape index (κ1) is 20.6. The molecule has 31 heavy (non-hydrogen) atoms. The number of nitrogens with zero attached hydrogens (tertiary/aromatic N) is 2. The lowest BCUT2D eigenvalue weighted by atomic mass is 10.1. The van der Waals surface area contributed by atoms with Gasteiger partial charge in [-0.2, -0.15) is 0 Å². The number of pyridine rings is 1. The third-order valence-electron chi connectivity index (χ3n) is 5.10. The van der Waals surface area contributed by atoms with E-state index in [0.29, 0.717) is 18.7 Å². The first-order valence-corrected chi connectivity index (χ1v) is 10.3. The molecule has 10 nitrogen and oxygen atoms in total. The molecule has 0 atom stereocenters. The highest BCUT2D eigenvalue weighted by Gasteiger charge is 2.28. The summed E-state index contributed by atoms with van der Waals surface area (Å²) in [6, 6.07) is 4.78. The van der Waals surface area contributed by atoms with Crippen LogP contribution in [0.4, 0.5) is 0 Å². The van der Waals surface area contributed by atoms with Crippen LogP contribution in [0.3, 0.4) is 0 Å². The van der Waals surface area contributed by atoms with Gasteiger partial charge in [-0.15, -0.1) is 0 Å². The van der Waals surface area contributed by atoms with Gasteiger partial charge in [-0.25, -0.2) is 9.78 Å². The Morgan fingerprint density at radius 2 is 1.97 bits per heavy atom. The van der Waals surface area contributed by atoms with Gasteiger partial charge in [0.05, 0.1) is 17.2 Å². The minimum Gasteiger partial charge on any atom is -0.459 e. The molecule has 0 aliphatic heterocycles. The fourth-order valence-corrected chi connectivity index (χ4v) is 3.43. The number of aryl methyl sites for hydroxylation is 1. The molecule has 3 aromatic rings. The Bertz CT molecular complexity index is 1240. The van der Waals surface area contributed by atoms with Crippen molar-refractivity contribution in [3.63, 3.8) is 0 Å². The van der Waals surface area contributed by atoms with E-state index in [-0.39, 0.29) is 47.3 Å². The molecular formula is C21H23N5O5. The number of rotatable bonds is 8. The molecule has 0 spiro atoms. The zero-order chi connectivity index (χ0) is 22.0. The lowest BCUT2D eigenvalue weighted by Gasteiger charge is -2.13. The smallest absolute Gasteiger partial charge is 0.329 e. The molecule has 1 saturated carbocycles. The average Bonchev–Trinajstić information content (AvgIpc) is 3.46. The quantitative estimate of drug-likeness (QED) is 0.462. The van der Waals surface area contributed by atoms with Crippen LogP contribution in [0.5, 0.6) is 0 Å². The van der Waals surface area contributed by atoms with Crippen LogP contribution in [0, 0.1) is 0 Å². The molecule has 3 N–H and O–H groups in total. The van der Waals surface area contributed by atoms with E-state index in [1.807, 2.05) is 6.92 Å². The summed E-state index contributed by atoms with van der Waals surface area (Å²) >= 11 is 0. The Hall–Kier alpha value is -3.69. The average molecular weight is 425 g/mol. The molecule has 0 bridgehead atoms. The number of aromatic amines is 1. The van der Waals surface area contributed by atoms with Crippen LogP contribution in [-0.2, 0) is 6.54 Å². The maximum Gasteiger partial charge on any atom is 0.329 e. The molecule has 0 aromatic carbocycles. The van der Waals surface area contributed by atoms with E-state index in [0.717, 1.165) is 12.8 Å². The van der Waals surface area contributed by atoms with Crippen molar-refractivity contribution >= 4 is 22.8 Å². The summed E-state index contributed by atoms with van der Waals surface area (Å²) in [5, 5.41) is 5.45. The molecule has 3 heterocycles. The standard InChI is InChI=1S/C21H23N5O5/c1-2-9-26-17-16(20(29)25-21(26)30)13(11-14(24-17)12-5-6-12)18(27)22-7-8-23-19(28)15-4-3-10-31-15/h3-4,10-12H,2,5-9H2,1H3,(H,22,27)(H,23,28)(H,25,29,30). The van der Waals surface area contributed by atoms with E-state index in [9.17, 15) is 19.2 Å². The summed E-state index contributed by atoms with van der Waals surface area (Å²) < 4.78 is 6.42. The molecule has 1 aliphatic carbocycles. The maximum absolute atomic E-state index is 12.9. The number of aromatic nitrogens is 3. The zero-order valence-electron chi connectivity index (χ0n) is 17.1. The summed E-state index contributed by atoms with van der Waals surface area (Å²) in [6.45, 7) is 2.63. The first-order chi connectivity index (χ1) is 15.0. The minimum atomic E-state index is -0.640. The van der Waals surface area contributed by atoms with Crippen LogP contribution >= 0.6 is 0 Å². The molecule has 0 unspecified atom stereocenters. The largest absolute Gasteiger partial charge is 0.459 e. The van der Waals surface area contributed by atoms with Crippen molar-refractivity contribution in [2.45, 2.75) is 38.6 Å². The summed E-state index contributed by atoms with van der Waals surface area (Å²) in [6.07, 6.45) is 3.99. The topological polar surface area (TPSA) is 139 Å². The third-order valence-corrected chi connectivity index (χ3v) is 5.10. The molecule has 2 amide bonds. The molecule has 1 aliphatic rings. The van der Waals surface area contributed by atoms with Gasteiger partial charge in [-0.3, -0.25) is 23.9 Å². The highest BCUT2D eigenvalue weighted by atomic mass is 16.3. The van der Waals surface area contributed by atoms with Gasteiger partial charge in [0.2, 0.25) is 0 Å². The number of amides is 2. The number of hydrogen-bond donors (Lipinski definition) is 3. The third kappa shape index (κ3) is 4.27. The van der Waals surface area contributed by atoms with E-state index in [1.165, 1.54) is 10.8 Å². The monoisotopic (exact) mass is 425 g/mol. The van der Waals surface area contributed by atoms with Gasteiger partial charge in [-0.05, 0) is 37.5 Å². The van der Waals surface area contributed by atoms with Gasteiger partial charge >= 0.3 is 5.69 Å². The van der Waals surface area contributed by atoms with Crippen molar-refractivity contribution in [1.82, 2.24) is 25.2 Å². The van der Waals surface area contributed by atoms with E-state index in [1.54, 1.807) is 18.2 Å². The summed E-state index contributed by atoms with van der Waals surface area (Å²) in [7, 11) is 0. The number of carbonyl (C=O) groups excluding carboxylic acids is 2. The number of fused-ring (bicyclic) bond motifs is 1. The molecule has 10 heteroatoms. The highest BCUT2D eigenvalue weighted by molar-refractivity contribution is 6.05. The van der Waals surface area contributed by atoms with Crippen molar-refractivity contribution in [2.24, 2.45) is 0 Å². The predicted octanol–water partition coefficient (Wildman–Crippen LogP) is 1.12. The SMILES string of the molecule is CCCn1c(=O)[nH]c(=O)c2c(C(=O)NCCNC(=O)c3ccco3)cc(C3CC3)nc21. The lowest BCUT2D eigenvalue weighted by Crippen LogP contribution is -2.36. The Morgan fingerprint density at radius 1 is 1.23 bits per heavy atom. The molecule has 4 rings (SSSR count). The molecule has 1 fully saturated rings. The second-order valence-electron chi connectivity index (χ2n) is 7.47. The molecule has 3 aromatic heterocycles. The maximum atomic E-state index is 12.9. The Labute approximate surface area is 176 Å². The number of hydrogen-bond acceptors (Lipinski definition) is 6. The summed E-state index contributed by atoms with van der Waals surface area (Å²) in [5.74, 6) is -0.438. The Balaban J connectivity index is 1.59. The number of furan rings is 1. The van der Waals surface area contributed by atoms with Crippen molar-refractivity contribution in [1.29, 1.82) is 0 Å². The van der Waals surface area contributed by atoms with Crippen molar-refractivity contribution in [3.8, 4) is 0 Å².